The van der Waals surface area contributed by atoms with Crippen molar-refractivity contribution < 1.29 is 4.43 Å². The third kappa shape index (κ3) is 8.88. The van der Waals surface area contributed by atoms with E-state index in [0.717, 1.165) is 19.4 Å². The van der Waals surface area contributed by atoms with Crippen LogP contribution in [0.1, 0.15) is 110 Å². The summed E-state index contributed by atoms with van der Waals surface area (Å²) in [6, 6.07) is 11.9. The first-order valence-electron chi connectivity index (χ1n) is 16.1. The minimum atomic E-state index is -1.53. The molecule has 214 valence electrons. The third-order valence-corrected chi connectivity index (χ3v) is 10.4. The highest BCUT2D eigenvalue weighted by Crippen LogP contribution is 2.38. The molecule has 2 aliphatic rings. The lowest BCUT2D eigenvalue weighted by Gasteiger charge is -2.37. The molecule has 0 N–H and O–H groups in total. The van der Waals surface area contributed by atoms with E-state index in [1.807, 2.05) is 0 Å². The van der Waals surface area contributed by atoms with E-state index < -0.39 is 8.32 Å². The van der Waals surface area contributed by atoms with Crippen molar-refractivity contribution >= 4 is 19.7 Å². The van der Waals surface area contributed by atoms with Crippen LogP contribution in [0.5, 0.6) is 0 Å². The van der Waals surface area contributed by atoms with Crippen molar-refractivity contribution in [2.45, 2.75) is 136 Å². The second kappa shape index (κ2) is 15.5. The Morgan fingerprint density at radius 1 is 0.737 bits per heavy atom. The predicted molar refractivity (Wildman–Crippen MR) is 169 cm³/mol. The van der Waals surface area contributed by atoms with E-state index in [1.165, 1.54) is 81.2 Å². The van der Waals surface area contributed by atoms with Gasteiger partial charge in [-0.3, -0.25) is 9.98 Å². The average Bonchev–Trinajstić information content (AvgIpc) is 2.93. The summed E-state index contributed by atoms with van der Waals surface area (Å²) in [5, 5.41) is 0. The van der Waals surface area contributed by atoms with Crippen molar-refractivity contribution in [3.8, 4) is 0 Å². The molecular weight excluding hydrogens is 480 g/mol. The molecular formula is C34H58N2OSi. The molecule has 0 aliphatic heterocycles. The lowest BCUT2D eigenvalue weighted by Crippen LogP contribution is -2.36. The van der Waals surface area contributed by atoms with Gasteiger partial charge in [0, 0.05) is 12.2 Å². The van der Waals surface area contributed by atoms with E-state index in [9.17, 15) is 0 Å². The molecule has 0 saturated heterocycles. The van der Waals surface area contributed by atoms with E-state index in [2.05, 4.69) is 77.7 Å². The van der Waals surface area contributed by atoms with E-state index in [4.69, 9.17) is 14.4 Å². The number of nitrogens with zero attached hydrogens (tertiary/aromatic N) is 2. The molecule has 4 heteroatoms. The first-order valence-corrected chi connectivity index (χ1v) is 19.6. The van der Waals surface area contributed by atoms with Crippen LogP contribution >= 0.6 is 0 Å². The van der Waals surface area contributed by atoms with Gasteiger partial charge in [-0.1, -0.05) is 96.6 Å². The number of rotatable bonds is 13. The maximum Gasteiger partial charge on any atom is 0.183 e. The molecule has 38 heavy (non-hydrogen) atoms. The molecule has 3 rings (SSSR count). The lowest BCUT2D eigenvalue weighted by atomic mass is 9.74. The van der Waals surface area contributed by atoms with E-state index in [0.29, 0.717) is 35.8 Å². The molecule has 0 amide bonds. The van der Waals surface area contributed by atoms with Crippen LogP contribution in [0.15, 0.2) is 40.3 Å². The highest BCUT2D eigenvalue weighted by Gasteiger charge is 2.34. The normalized spacial score (nSPS) is 29.4. The third-order valence-electron chi connectivity index (χ3n) is 9.33. The summed E-state index contributed by atoms with van der Waals surface area (Å²) in [4.78, 5) is 11.5. The fourth-order valence-corrected chi connectivity index (χ4v) is 7.80. The van der Waals surface area contributed by atoms with Crippen LogP contribution in [0.25, 0.3) is 0 Å². The summed E-state index contributed by atoms with van der Waals surface area (Å²) in [5.41, 5.74) is 3.71. The van der Waals surface area contributed by atoms with Gasteiger partial charge in [0.15, 0.2) is 8.32 Å². The predicted octanol–water partition coefficient (Wildman–Crippen LogP) is 9.76. The van der Waals surface area contributed by atoms with Gasteiger partial charge in [0.25, 0.3) is 0 Å². The zero-order valence-electron chi connectivity index (χ0n) is 25.8. The van der Waals surface area contributed by atoms with E-state index >= 15 is 0 Å². The Labute approximate surface area is 236 Å². The van der Waals surface area contributed by atoms with E-state index in [-0.39, 0.29) is 0 Å². The van der Waals surface area contributed by atoms with Crippen LogP contribution in [0.4, 0.5) is 0 Å². The zero-order chi connectivity index (χ0) is 27.5. The van der Waals surface area contributed by atoms with Crippen molar-refractivity contribution in [1.82, 2.24) is 0 Å². The molecule has 2 saturated carbocycles. The number of benzene rings is 1. The largest absolute Gasteiger partial charge is 0.418 e. The van der Waals surface area contributed by atoms with Gasteiger partial charge in [-0.25, -0.2) is 0 Å². The fourth-order valence-electron chi connectivity index (χ4n) is 7.04. The van der Waals surface area contributed by atoms with Gasteiger partial charge >= 0.3 is 0 Å². The molecule has 1 aromatic carbocycles. The number of hydrogen-bond donors (Lipinski definition) is 0. The molecule has 0 heterocycles. The maximum atomic E-state index is 6.30. The van der Waals surface area contributed by atoms with Crippen molar-refractivity contribution in [2.24, 2.45) is 33.7 Å². The van der Waals surface area contributed by atoms with Crippen molar-refractivity contribution in [3.63, 3.8) is 0 Å². The molecule has 0 bridgehead atoms. The summed E-state index contributed by atoms with van der Waals surface area (Å²) in [6.45, 7) is 17.2. The summed E-state index contributed by atoms with van der Waals surface area (Å²) in [5.74, 6) is 2.76. The molecule has 1 aromatic rings. The minimum absolute atomic E-state index is 0.410. The van der Waals surface area contributed by atoms with E-state index in [1.54, 1.807) is 0 Å². The number of aliphatic imine (C=N–C) groups is 2. The molecule has 0 spiro atoms. The second-order valence-electron chi connectivity index (χ2n) is 13.0. The molecule has 0 radical (unpaired) electrons. The Morgan fingerprint density at radius 2 is 1.21 bits per heavy atom. The van der Waals surface area contributed by atoms with Gasteiger partial charge in [-0.05, 0) is 81.8 Å². The quantitative estimate of drug-likeness (QED) is 0.140. The average molecular weight is 539 g/mol. The Hall–Kier alpha value is -1.26. The standard InChI is InChI=1S/C34H58N2OSi/c1-8-26-20-15-21-27(9-2)32(26)35-31(24-17-25-37-38(5,6)7)34(30-18-13-12-14-19-30)36-33-28(10-3)22-16-23-29(33)11-4/h12-14,18-19,26-29,32-33H,8-11,15-17,20-25H2,1-7H3. The lowest BCUT2D eigenvalue weighted by molar-refractivity contribution is 0.211. The van der Waals surface area contributed by atoms with Crippen LogP contribution in [0.2, 0.25) is 19.6 Å². The van der Waals surface area contributed by atoms with Gasteiger partial charge in [0.2, 0.25) is 0 Å². The summed E-state index contributed by atoms with van der Waals surface area (Å²) < 4.78 is 6.30. The van der Waals surface area contributed by atoms with Gasteiger partial charge in [-0.15, -0.1) is 0 Å². The number of hydrogen-bond acceptors (Lipinski definition) is 3. The van der Waals surface area contributed by atoms with Crippen LogP contribution in [-0.2, 0) is 4.43 Å². The zero-order valence-corrected chi connectivity index (χ0v) is 26.8. The first-order chi connectivity index (χ1) is 18.3. The Bertz CT molecular complexity index is 850. The summed E-state index contributed by atoms with van der Waals surface area (Å²) in [6.07, 6.45) is 14.9. The molecule has 2 aliphatic carbocycles. The second-order valence-corrected chi connectivity index (χ2v) is 17.5. The molecule has 2 fully saturated rings. The van der Waals surface area contributed by atoms with Crippen molar-refractivity contribution in [3.05, 3.63) is 35.9 Å². The van der Waals surface area contributed by atoms with Crippen LogP contribution in [0.3, 0.4) is 0 Å². The van der Waals surface area contributed by atoms with Gasteiger partial charge < -0.3 is 4.43 Å². The Morgan fingerprint density at radius 3 is 1.66 bits per heavy atom. The molecule has 4 unspecified atom stereocenters. The smallest absolute Gasteiger partial charge is 0.183 e. The fraction of sp³-hybridized carbons (Fsp3) is 0.765. The summed E-state index contributed by atoms with van der Waals surface area (Å²) in [7, 11) is -1.53. The van der Waals surface area contributed by atoms with Crippen LogP contribution in [0, 0.1) is 23.7 Å². The van der Waals surface area contributed by atoms with Crippen LogP contribution < -0.4 is 0 Å². The maximum absolute atomic E-state index is 6.30. The highest BCUT2D eigenvalue weighted by molar-refractivity contribution is 6.69. The van der Waals surface area contributed by atoms with Gasteiger partial charge in [0.1, 0.15) is 0 Å². The summed E-state index contributed by atoms with van der Waals surface area (Å²) >= 11 is 0. The molecule has 4 atom stereocenters. The van der Waals surface area contributed by atoms with Crippen molar-refractivity contribution in [1.29, 1.82) is 0 Å². The SMILES string of the molecule is CCC1CCCC(CC)C1N=C(CCCO[Si](C)(C)C)C(=NC1C(CC)CCCC1CC)c1ccccc1. The topological polar surface area (TPSA) is 34.0 Å². The highest BCUT2D eigenvalue weighted by atomic mass is 28.4. The van der Waals surface area contributed by atoms with Gasteiger partial charge in [0.05, 0.1) is 23.5 Å². The molecule has 3 nitrogen and oxygen atoms in total. The monoisotopic (exact) mass is 538 g/mol. The van der Waals surface area contributed by atoms with Crippen molar-refractivity contribution in [2.75, 3.05) is 6.61 Å². The Balaban J connectivity index is 2.08. The molecule has 0 aromatic heterocycles. The van der Waals surface area contributed by atoms with Crippen LogP contribution in [-0.4, -0.2) is 38.4 Å². The van der Waals surface area contributed by atoms with Gasteiger partial charge in [-0.2, -0.15) is 0 Å². The minimum Gasteiger partial charge on any atom is -0.418 e. The first kappa shape index (κ1) is 31.3. The Kier molecular flexibility index (Phi) is 12.8.